The van der Waals surface area contributed by atoms with Crippen LogP contribution in [0.25, 0.3) is 22.2 Å². The summed E-state index contributed by atoms with van der Waals surface area (Å²) in [6, 6.07) is 17.2. The molecule has 1 aromatic heterocycles. The van der Waals surface area contributed by atoms with Crippen LogP contribution in [0, 0.1) is 0 Å². The monoisotopic (exact) mass is 335 g/mol. The number of piperidine rings is 1. The number of nitrogens with zero attached hydrogens (tertiary/aromatic N) is 2. The van der Waals surface area contributed by atoms with E-state index in [1.165, 1.54) is 0 Å². The third kappa shape index (κ3) is 3.40. The number of fused-ring (bicyclic) bond motifs is 1. The molecule has 0 saturated carbocycles. The number of likely N-dealkylation sites (tertiary alicyclic amines) is 1. The lowest BCUT2D eigenvalue weighted by Crippen LogP contribution is -2.41. The van der Waals surface area contributed by atoms with Gasteiger partial charge in [-0.15, -0.1) is 0 Å². The van der Waals surface area contributed by atoms with Crippen molar-refractivity contribution in [1.29, 1.82) is 0 Å². The summed E-state index contributed by atoms with van der Waals surface area (Å²) in [4.78, 5) is 2.52. The Hall–Kier alpha value is -2.33. The van der Waals surface area contributed by atoms with Gasteiger partial charge in [0.15, 0.2) is 0 Å². The van der Waals surface area contributed by atoms with E-state index in [0.717, 1.165) is 53.8 Å². The third-order valence-electron chi connectivity index (χ3n) is 5.11. The summed E-state index contributed by atoms with van der Waals surface area (Å²) in [6.07, 6.45) is 2.53. The first-order valence-corrected chi connectivity index (χ1v) is 9.15. The van der Waals surface area contributed by atoms with Crippen molar-refractivity contribution in [2.75, 3.05) is 13.1 Å². The highest BCUT2D eigenvalue weighted by Gasteiger charge is 2.22. The standard InChI is InChI=1S/C21H25N3O/c1-15(2)24-13-11-18(12-14-24)25-17-9-7-16(8-10-17)21-19-5-3-4-6-20(19)22-23-21/h3-10,15,18H,11-14H2,1-2H3,(H,22,23). The van der Waals surface area contributed by atoms with Gasteiger partial charge >= 0.3 is 0 Å². The molecule has 0 bridgehead atoms. The molecule has 0 amide bonds. The minimum atomic E-state index is 0.326. The summed E-state index contributed by atoms with van der Waals surface area (Å²) >= 11 is 0. The van der Waals surface area contributed by atoms with Crippen LogP contribution in [0.3, 0.4) is 0 Å². The Kier molecular flexibility index (Phi) is 4.45. The number of ether oxygens (including phenoxy) is 1. The van der Waals surface area contributed by atoms with E-state index in [2.05, 4.69) is 59.3 Å². The molecule has 4 rings (SSSR count). The average Bonchev–Trinajstić information content (AvgIpc) is 3.07. The van der Waals surface area contributed by atoms with E-state index in [4.69, 9.17) is 4.74 Å². The van der Waals surface area contributed by atoms with Crippen LogP contribution in [-0.4, -0.2) is 40.3 Å². The largest absolute Gasteiger partial charge is 0.490 e. The molecule has 25 heavy (non-hydrogen) atoms. The molecular weight excluding hydrogens is 310 g/mol. The van der Waals surface area contributed by atoms with Gasteiger partial charge in [0, 0.05) is 30.1 Å². The number of H-pyrrole nitrogens is 1. The van der Waals surface area contributed by atoms with Crippen LogP contribution in [0.15, 0.2) is 48.5 Å². The molecule has 0 atom stereocenters. The summed E-state index contributed by atoms with van der Waals surface area (Å²) in [5.74, 6) is 0.951. The Morgan fingerprint density at radius 2 is 1.76 bits per heavy atom. The molecule has 2 aromatic carbocycles. The third-order valence-corrected chi connectivity index (χ3v) is 5.11. The fraction of sp³-hybridized carbons (Fsp3) is 0.381. The van der Waals surface area contributed by atoms with Gasteiger partial charge in [0.25, 0.3) is 0 Å². The highest BCUT2D eigenvalue weighted by atomic mass is 16.5. The number of hydrogen-bond donors (Lipinski definition) is 1. The highest BCUT2D eigenvalue weighted by Crippen LogP contribution is 2.28. The van der Waals surface area contributed by atoms with E-state index in [1.54, 1.807) is 0 Å². The number of rotatable bonds is 4. The van der Waals surface area contributed by atoms with Crippen molar-refractivity contribution in [2.45, 2.75) is 38.8 Å². The first kappa shape index (κ1) is 16.2. The molecule has 4 heteroatoms. The van der Waals surface area contributed by atoms with Gasteiger partial charge in [-0.1, -0.05) is 18.2 Å². The van der Waals surface area contributed by atoms with Gasteiger partial charge < -0.3 is 9.64 Å². The second-order valence-corrected chi connectivity index (χ2v) is 7.09. The number of benzene rings is 2. The zero-order chi connectivity index (χ0) is 17.2. The maximum absolute atomic E-state index is 6.19. The van der Waals surface area contributed by atoms with E-state index in [9.17, 15) is 0 Å². The molecule has 1 aliphatic rings. The number of aromatic nitrogens is 2. The number of para-hydroxylation sites is 1. The fourth-order valence-corrected chi connectivity index (χ4v) is 3.58. The van der Waals surface area contributed by atoms with Crippen LogP contribution in [0.2, 0.25) is 0 Å². The van der Waals surface area contributed by atoms with Gasteiger partial charge in [-0.3, -0.25) is 5.10 Å². The maximum Gasteiger partial charge on any atom is 0.119 e. The van der Waals surface area contributed by atoms with Crippen molar-refractivity contribution >= 4 is 10.9 Å². The van der Waals surface area contributed by atoms with Crippen LogP contribution >= 0.6 is 0 Å². The van der Waals surface area contributed by atoms with Crippen molar-refractivity contribution in [1.82, 2.24) is 15.1 Å². The van der Waals surface area contributed by atoms with E-state index in [0.29, 0.717) is 12.1 Å². The van der Waals surface area contributed by atoms with Gasteiger partial charge in [-0.2, -0.15) is 5.10 Å². The first-order valence-electron chi connectivity index (χ1n) is 9.15. The molecule has 1 N–H and O–H groups in total. The van der Waals surface area contributed by atoms with Gasteiger partial charge in [-0.05, 0) is 57.0 Å². The van der Waals surface area contributed by atoms with Crippen molar-refractivity contribution in [3.63, 3.8) is 0 Å². The quantitative estimate of drug-likeness (QED) is 0.764. The number of aromatic amines is 1. The van der Waals surface area contributed by atoms with Crippen LogP contribution < -0.4 is 4.74 Å². The molecule has 0 spiro atoms. The van der Waals surface area contributed by atoms with Crippen LogP contribution in [0.5, 0.6) is 5.75 Å². The summed E-state index contributed by atoms with van der Waals surface area (Å²) in [7, 11) is 0. The predicted molar refractivity (Wildman–Crippen MR) is 102 cm³/mol. The summed E-state index contributed by atoms with van der Waals surface area (Å²) in [5, 5.41) is 8.71. The second-order valence-electron chi connectivity index (χ2n) is 7.09. The van der Waals surface area contributed by atoms with Gasteiger partial charge in [0.2, 0.25) is 0 Å². The Labute approximate surface area is 148 Å². The zero-order valence-electron chi connectivity index (χ0n) is 14.9. The topological polar surface area (TPSA) is 41.1 Å². The van der Waals surface area contributed by atoms with E-state index >= 15 is 0 Å². The average molecular weight is 335 g/mol. The molecule has 1 saturated heterocycles. The minimum absolute atomic E-state index is 0.326. The Morgan fingerprint density at radius 1 is 1.04 bits per heavy atom. The molecule has 1 aliphatic heterocycles. The van der Waals surface area contributed by atoms with E-state index < -0.39 is 0 Å². The lowest BCUT2D eigenvalue weighted by molar-refractivity contribution is 0.0843. The van der Waals surface area contributed by atoms with Gasteiger partial charge in [-0.25, -0.2) is 0 Å². The summed E-state index contributed by atoms with van der Waals surface area (Å²) in [6.45, 7) is 6.77. The summed E-state index contributed by atoms with van der Waals surface area (Å²) in [5.41, 5.74) is 3.17. The van der Waals surface area contributed by atoms with Crippen molar-refractivity contribution in [2.24, 2.45) is 0 Å². The van der Waals surface area contributed by atoms with Gasteiger partial charge in [0.05, 0.1) is 11.2 Å². The Bertz CT molecular complexity index is 830. The molecule has 2 heterocycles. The SMILES string of the molecule is CC(C)N1CCC(Oc2ccc(-c3n[nH]c4ccccc34)cc2)CC1. The van der Waals surface area contributed by atoms with E-state index in [-0.39, 0.29) is 0 Å². The van der Waals surface area contributed by atoms with Crippen LogP contribution in [0.1, 0.15) is 26.7 Å². The normalized spacial score (nSPS) is 16.6. The number of nitrogens with one attached hydrogen (secondary N) is 1. The molecule has 1 fully saturated rings. The maximum atomic E-state index is 6.19. The second kappa shape index (κ2) is 6.89. The zero-order valence-corrected chi connectivity index (χ0v) is 14.9. The first-order chi connectivity index (χ1) is 12.2. The fourth-order valence-electron chi connectivity index (χ4n) is 3.58. The van der Waals surface area contributed by atoms with Crippen LogP contribution in [0.4, 0.5) is 0 Å². The van der Waals surface area contributed by atoms with Crippen molar-refractivity contribution < 1.29 is 4.74 Å². The predicted octanol–water partition coefficient (Wildman–Crippen LogP) is 4.48. The summed E-state index contributed by atoms with van der Waals surface area (Å²) < 4.78 is 6.19. The number of hydrogen-bond acceptors (Lipinski definition) is 3. The lowest BCUT2D eigenvalue weighted by Gasteiger charge is -2.34. The molecule has 0 radical (unpaired) electrons. The van der Waals surface area contributed by atoms with Crippen molar-refractivity contribution in [3.8, 4) is 17.0 Å². The van der Waals surface area contributed by atoms with Crippen LogP contribution in [-0.2, 0) is 0 Å². The molecule has 0 aliphatic carbocycles. The molecular formula is C21H25N3O. The lowest BCUT2D eigenvalue weighted by atomic mass is 10.1. The van der Waals surface area contributed by atoms with E-state index in [1.807, 2.05) is 18.2 Å². The van der Waals surface area contributed by atoms with Gasteiger partial charge in [0.1, 0.15) is 11.9 Å². The van der Waals surface area contributed by atoms with Crippen molar-refractivity contribution in [3.05, 3.63) is 48.5 Å². The molecule has 4 nitrogen and oxygen atoms in total. The minimum Gasteiger partial charge on any atom is -0.490 e. The molecule has 130 valence electrons. The molecule has 3 aromatic rings. The Balaban J connectivity index is 1.44. The smallest absolute Gasteiger partial charge is 0.119 e. The molecule has 0 unspecified atom stereocenters. The highest BCUT2D eigenvalue weighted by molar-refractivity contribution is 5.92. The Morgan fingerprint density at radius 3 is 2.48 bits per heavy atom.